The van der Waals surface area contributed by atoms with Crippen molar-refractivity contribution in [3.8, 4) is 0 Å². The molecule has 40 heteroatoms. The van der Waals surface area contributed by atoms with Gasteiger partial charge in [-0.15, -0.1) is 0 Å². The first-order chi connectivity index (χ1) is 26.3. The molecule has 1 fully saturated rings. The average Bonchev–Trinajstić information content (AvgIpc) is 3.00. The molecule has 0 aromatic rings. The lowest BCUT2D eigenvalue weighted by molar-refractivity contribution is -0.592. The molecule has 0 amide bonds. The van der Waals surface area contributed by atoms with Crippen molar-refractivity contribution in [3.05, 3.63) is 0 Å². The van der Waals surface area contributed by atoms with E-state index in [4.69, 9.17) is 5.11 Å². The monoisotopic (exact) mass is 990 g/mol. The summed E-state index contributed by atoms with van der Waals surface area (Å²) >= 11 is 0. The predicted octanol–water partition coefficient (Wildman–Crippen LogP) is 5.88. The number of esters is 1. The van der Waals surface area contributed by atoms with Crippen molar-refractivity contribution in [3.63, 3.8) is 0 Å². The van der Waals surface area contributed by atoms with Crippen LogP contribution in [0.3, 0.4) is 0 Å². The summed E-state index contributed by atoms with van der Waals surface area (Å²) in [5.74, 6) is -48.4. The van der Waals surface area contributed by atoms with Gasteiger partial charge in [0.15, 0.2) is 12.4 Å². The first kappa shape index (κ1) is 56.1. The van der Waals surface area contributed by atoms with Crippen molar-refractivity contribution in [2.45, 2.75) is 115 Å². The van der Waals surface area contributed by atoms with Gasteiger partial charge in [-0.3, -0.25) is 18.9 Å². The third kappa shape index (κ3) is 9.63. The summed E-state index contributed by atoms with van der Waals surface area (Å²) in [6, 6.07) is 0. The van der Waals surface area contributed by atoms with E-state index in [1.54, 1.807) is 4.74 Å². The number of hydrogen-bond acceptors (Lipinski definition) is 11. The average molecular weight is 990 g/mol. The predicted molar refractivity (Wildman–Crippen MR) is 115 cm³/mol. The van der Waals surface area contributed by atoms with Crippen LogP contribution in [0.25, 0.3) is 0 Å². The second-order valence-corrected chi connectivity index (χ2v) is 11.0. The third-order valence-electron chi connectivity index (χ3n) is 6.72. The summed E-state index contributed by atoms with van der Waals surface area (Å²) in [4.78, 5) is 12.0. The minimum atomic E-state index is -9.37. The summed E-state index contributed by atoms with van der Waals surface area (Å²) in [5, 5.41) is 37.6. The highest BCUT2D eigenvalue weighted by Gasteiger charge is 2.90. The van der Waals surface area contributed by atoms with Gasteiger partial charge in [0.2, 0.25) is 0 Å². The fourth-order valence-electron chi connectivity index (χ4n) is 3.60. The zero-order valence-electron chi connectivity index (χ0n) is 26.7. The molecule has 1 aliphatic rings. The van der Waals surface area contributed by atoms with Crippen LogP contribution < -0.4 is 0 Å². The van der Waals surface area contributed by atoms with Gasteiger partial charge < -0.3 is 29.9 Å². The van der Waals surface area contributed by atoms with Crippen molar-refractivity contribution in [1.82, 2.24) is 0 Å². The number of carbonyl (C=O) groups is 1. The molecule has 1 saturated heterocycles. The Kier molecular flexibility index (Phi) is 14.7. The Labute approximate surface area is 310 Å². The molecule has 0 saturated carbocycles. The third-order valence-corrected chi connectivity index (χ3v) is 6.72. The Hall–Kier alpha value is -2.92. The van der Waals surface area contributed by atoms with Crippen LogP contribution in [-0.4, -0.2) is 148 Å². The van der Waals surface area contributed by atoms with E-state index in [1.165, 1.54) is 0 Å². The highest BCUT2D eigenvalue weighted by atomic mass is 19.4. The van der Waals surface area contributed by atoms with Crippen LogP contribution in [0.4, 0.5) is 127 Å². The lowest BCUT2D eigenvalue weighted by Crippen LogP contribution is -2.72. The number of aliphatic hydroxyl groups is 4. The highest BCUT2D eigenvalue weighted by Crippen LogP contribution is 2.61. The fraction of sp³-hybridized carbons (Fsp3) is 0.952. The molecular weight excluding hydrogens is 979 g/mol. The molecule has 364 valence electrons. The molecule has 0 aromatic carbocycles. The van der Waals surface area contributed by atoms with Crippen LogP contribution in [0.15, 0.2) is 0 Å². The van der Waals surface area contributed by atoms with E-state index in [1.807, 2.05) is 0 Å². The molecule has 61 heavy (non-hydrogen) atoms. The van der Waals surface area contributed by atoms with Crippen LogP contribution in [0.1, 0.15) is 0 Å². The largest absolute Gasteiger partial charge is 0.462 e. The lowest BCUT2D eigenvalue weighted by atomic mass is 9.99. The standard InChI is InChI=1S/C21H11F29O11/c22-8(13(28,29)30,7(55)57-5-3(52)2(1-51)56-6(54)4(5)53)58-19(45,46)10(25,15(34,35)36)60-21(49,50)12(27,17(40,41)42)61-20(47,48)11(26,16(37,38)39)59-18(43,44)9(23,24)14(31,32)33/h2-6,51-54H,1H2/t2-,3-,4-,5+,6-,8?,10?,11?,12?/m1/s1. The maximum atomic E-state index is 14.9. The van der Waals surface area contributed by atoms with Gasteiger partial charge in [-0.1, -0.05) is 0 Å². The summed E-state index contributed by atoms with van der Waals surface area (Å²) in [6.07, 6.45) is -94.3. The number of aliphatic hydroxyl groups excluding tert-OH is 4. The summed E-state index contributed by atoms with van der Waals surface area (Å²) in [7, 11) is 0. The summed E-state index contributed by atoms with van der Waals surface area (Å²) in [6.45, 7) is -1.69. The first-order valence-electron chi connectivity index (χ1n) is 13.6. The summed E-state index contributed by atoms with van der Waals surface area (Å²) in [5.41, 5.74) is 0. The molecule has 0 bridgehead atoms. The van der Waals surface area contributed by atoms with Crippen molar-refractivity contribution in [1.29, 1.82) is 0 Å². The van der Waals surface area contributed by atoms with Gasteiger partial charge >= 0.3 is 90.6 Å². The number of ether oxygens (including phenoxy) is 6. The maximum absolute atomic E-state index is 14.9. The molecule has 0 aliphatic carbocycles. The summed E-state index contributed by atoms with van der Waals surface area (Å²) < 4.78 is 406. The van der Waals surface area contributed by atoms with E-state index in [0.717, 1.165) is 14.2 Å². The second-order valence-electron chi connectivity index (χ2n) is 11.0. The second kappa shape index (κ2) is 16.0. The Bertz CT molecular complexity index is 1540. The molecule has 0 aromatic heterocycles. The molecule has 1 heterocycles. The van der Waals surface area contributed by atoms with Gasteiger partial charge in [0.05, 0.1) is 6.61 Å². The van der Waals surface area contributed by atoms with E-state index in [-0.39, 0.29) is 0 Å². The Morgan fingerprint density at radius 1 is 0.443 bits per heavy atom. The SMILES string of the molecule is O=C(O[C@@H]1[C@@H](O)[C@H](O)O[C@H](CO)[C@H]1O)C(F)(OC(F)(F)C(F)(OC(F)(F)C(F)(OC(F)(F)C(F)(OC(F)(F)C(F)(F)C(F)(F)F)C(F)(F)F)C(F)(F)F)C(F)(F)F)C(F)(F)F. The Morgan fingerprint density at radius 3 is 1.03 bits per heavy atom. The number of hydrogen-bond donors (Lipinski definition) is 4. The van der Waals surface area contributed by atoms with Crippen molar-refractivity contribution in [2.24, 2.45) is 0 Å². The van der Waals surface area contributed by atoms with Crippen LogP contribution in [-0.2, 0) is 33.2 Å². The van der Waals surface area contributed by atoms with E-state index >= 15 is 0 Å². The number of rotatable bonds is 15. The van der Waals surface area contributed by atoms with E-state index in [0.29, 0.717) is 0 Å². The van der Waals surface area contributed by atoms with Crippen LogP contribution >= 0.6 is 0 Å². The maximum Gasteiger partial charge on any atom is 0.462 e. The zero-order chi connectivity index (χ0) is 49.4. The quantitative estimate of drug-likeness (QED) is 0.115. The Balaban J connectivity index is 4.04. The Morgan fingerprint density at radius 2 is 0.754 bits per heavy atom. The number of alkyl halides is 29. The van der Waals surface area contributed by atoms with Crippen molar-refractivity contribution in [2.75, 3.05) is 6.61 Å². The van der Waals surface area contributed by atoms with Crippen molar-refractivity contribution < 1.29 is 181 Å². The van der Waals surface area contributed by atoms with Gasteiger partial charge in [0, 0.05) is 0 Å². The van der Waals surface area contributed by atoms with E-state index in [9.17, 15) is 147 Å². The van der Waals surface area contributed by atoms with Crippen LogP contribution in [0.2, 0.25) is 0 Å². The normalized spacial score (nSPS) is 26.5. The van der Waals surface area contributed by atoms with Gasteiger partial charge in [0.25, 0.3) is 0 Å². The zero-order valence-corrected chi connectivity index (χ0v) is 26.7. The van der Waals surface area contributed by atoms with Gasteiger partial charge in [0.1, 0.15) is 18.3 Å². The smallest absolute Gasteiger partial charge is 0.452 e. The lowest BCUT2D eigenvalue weighted by Gasteiger charge is -2.44. The molecule has 4 N–H and O–H groups in total. The molecule has 0 radical (unpaired) electrons. The van der Waals surface area contributed by atoms with Gasteiger partial charge in [-0.05, 0) is 0 Å². The van der Waals surface area contributed by atoms with Crippen LogP contribution in [0.5, 0.6) is 0 Å². The molecule has 11 nitrogen and oxygen atoms in total. The van der Waals surface area contributed by atoms with Crippen LogP contribution in [0, 0.1) is 0 Å². The minimum absolute atomic E-state index is 0.863. The van der Waals surface area contributed by atoms with E-state index < -0.39 is 128 Å². The highest BCUT2D eigenvalue weighted by molar-refractivity contribution is 5.79. The number of halogens is 29. The molecule has 1 aliphatic heterocycles. The topological polar surface area (TPSA) is 153 Å². The van der Waals surface area contributed by atoms with Gasteiger partial charge in [-0.25, -0.2) is 4.79 Å². The fourth-order valence-corrected chi connectivity index (χ4v) is 3.60. The minimum Gasteiger partial charge on any atom is -0.452 e. The number of carbonyl (C=O) groups excluding carboxylic acids is 1. The molecule has 0 spiro atoms. The molecular formula is C21H11F29O11. The molecule has 1 rings (SSSR count). The van der Waals surface area contributed by atoms with Crippen molar-refractivity contribution >= 4 is 5.97 Å². The molecule has 9 atom stereocenters. The van der Waals surface area contributed by atoms with E-state index in [2.05, 4.69) is 9.47 Å². The molecule has 4 unspecified atom stereocenters. The van der Waals surface area contributed by atoms with Gasteiger partial charge in [-0.2, -0.15) is 127 Å². The first-order valence-corrected chi connectivity index (χ1v) is 13.6.